The Morgan fingerprint density at radius 3 is 2.32 bits per heavy atom. The first-order valence-electron chi connectivity index (χ1n) is 10.6. The van der Waals surface area contributed by atoms with Gasteiger partial charge in [0.2, 0.25) is 5.91 Å². The summed E-state index contributed by atoms with van der Waals surface area (Å²) in [6.07, 6.45) is 1.77. The Morgan fingerprint density at radius 2 is 1.65 bits per heavy atom. The lowest BCUT2D eigenvalue weighted by Crippen LogP contribution is -2.33. The van der Waals surface area contributed by atoms with E-state index in [0.717, 1.165) is 16.0 Å². The van der Waals surface area contributed by atoms with Crippen molar-refractivity contribution in [2.24, 2.45) is 5.73 Å². The van der Waals surface area contributed by atoms with Gasteiger partial charge in [0.25, 0.3) is 11.8 Å². The predicted octanol–water partition coefficient (Wildman–Crippen LogP) is 2.81. The molecule has 2 aromatic heterocycles. The Morgan fingerprint density at radius 1 is 0.882 bits per heavy atom. The molecule has 8 nitrogen and oxygen atoms in total. The molecule has 172 valence electrons. The van der Waals surface area contributed by atoms with Crippen molar-refractivity contribution >= 4 is 29.1 Å². The lowest BCUT2D eigenvalue weighted by Gasteiger charge is -2.07. The number of carbonyl (C=O) groups is 3. The topological polar surface area (TPSA) is 119 Å². The van der Waals surface area contributed by atoms with E-state index in [1.807, 2.05) is 47.8 Å². The van der Waals surface area contributed by atoms with Gasteiger partial charge in [0.15, 0.2) is 0 Å². The number of rotatable bonds is 9. The molecule has 0 aliphatic heterocycles. The van der Waals surface area contributed by atoms with Gasteiger partial charge in [-0.2, -0.15) is 5.10 Å². The Hall–Kier alpha value is -4.24. The molecule has 0 saturated carbocycles. The van der Waals surface area contributed by atoms with E-state index in [1.165, 1.54) is 11.3 Å². The average molecular weight is 474 g/mol. The van der Waals surface area contributed by atoms with Crippen LogP contribution in [0.15, 0.2) is 78.3 Å². The molecule has 0 spiro atoms. The number of thiophene rings is 1. The molecule has 2 aromatic carbocycles. The number of nitrogens with one attached hydrogen (secondary N) is 2. The number of nitrogens with two attached hydrogens (primary N) is 1. The maximum Gasteiger partial charge on any atom is 0.255 e. The van der Waals surface area contributed by atoms with E-state index in [9.17, 15) is 14.4 Å². The molecule has 4 aromatic rings. The maximum atomic E-state index is 13.1. The Balaban J connectivity index is 1.45. The van der Waals surface area contributed by atoms with Crippen LogP contribution in [-0.4, -0.2) is 34.0 Å². The van der Waals surface area contributed by atoms with E-state index < -0.39 is 5.91 Å². The van der Waals surface area contributed by atoms with Crippen LogP contribution in [0.25, 0.3) is 10.6 Å². The van der Waals surface area contributed by atoms with E-state index in [2.05, 4.69) is 15.7 Å². The van der Waals surface area contributed by atoms with Crippen molar-refractivity contribution in [3.8, 4) is 10.6 Å². The summed E-state index contributed by atoms with van der Waals surface area (Å²) in [6.45, 7) is 0.628. The number of hydrogen-bond donors (Lipinski definition) is 3. The molecule has 2 heterocycles. The van der Waals surface area contributed by atoms with Crippen molar-refractivity contribution in [3.63, 3.8) is 0 Å². The van der Waals surface area contributed by atoms with E-state index >= 15 is 0 Å². The fourth-order valence-electron chi connectivity index (χ4n) is 3.36. The van der Waals surface area contributed by atoms with Gasteiger partial charge in [0.1, 0.15) is 5.69 Å². The number of benzene rings is 2. The van der Waals surface area contributed by atoms with Gasteiger partial charge < -0.3 is 16.4 Å². The summed E-state index contributed by atoms with van der Waals surface area (Å²) in [6, 6.07) is 20.6. The van der Waals surface area contributed by atoms with Gasteiger partial charge in [-0.1, -0.05) is 48.5 Å². The minimum Gasteiger partial charge on any atom is -0.368 e. The molecule has 3 amide bonds. The van der Waals surface area contributed by atoms with Gasteiger partial charge in [-0.15, -0.1) is 11.3 Å². The summed E-state index contributed by atoms with van der Waals surface area (Å²) >= 11 is 1.53. The highest BCUT2D eigenvalue weighted by atomic mass is 32.1. The van der Waals surface area contributed by atoms with Crippen LogP contribution in [0, 0.1) is 0 Å². The van der Waals surface area contributed by atoms with Crippen LogP contribution in [0.3, 0.4) is 0 Å². The molecule has 9 heteroatoms. The number of carbonyl (C=O) groups excluding carboxylic acids is 3. The summed E-state index contributed by atoms with van der Waals surface area (Å²) in [5.41, 5.74) is 8.51. The van der Waals surface area contributed by atoms with Gasteiger partial charge in [0.05, 0.1) is 23.5 Å². The zero-order chi connectivity index (χ0) is 23.9. The van der Waals surface area contributed by atoms with Crippen LogP contribution in [-0.2, 0) is 17.9 Å². The molecule has 0 fully saturated rings. The fourth-order valence-corrected chi connectivity index (χ4v) is 4.08. The monoisotopic (exact) mass is 473 g/mol. The summed E-state index contributed by atoms with van der Waals surface area (Å²) in [5.74, 6) is -1.23. The molecular formula is C25H23N5O3S. The first-order valence-corrected chi connectivity index (χ1v) is 11.5. The third-order valence-electron chi connectivity index (χ3n) is 5.04. The third kappa shape index (κ3) is 5.76. The molecule has 34 heavy (non-hydrogen) atoms. The highest BCUT2D eigenvalue weighted by Crippen LogP contribution is 2.27. The highest BCUT2D eigenvalue weighted by molar-refractivity contribution is 7.13. The lowest BCUT2D eigenvalue weighted by atomic mass is 10.1. The Bertz CT molecular complexity index is 1280. The molecule has 0 unspecified atom stereocenters. The lowest BCUT2D eigenvalue weighted by molar-refractivity contribution is -0.117. The first-order chi connectivity index (χ1) is 16.5. The molecule has 4 N–H and O–H groups in total. The first kappa shape index (κ1) is 22.9. The van der Waals surface area contributed by atoms with Crippen LogP contribution >= 0.6 is 11.3 Å². The van der Waals surface area contributed by atoms with Crippen molar-refractivity contribution in [3.05, 3.63) is 101 Å². The third-order valence-corrected chi connectivity index (χ3v) is 5.92. The van der Waals surface area contributed by atoms with Crippen molar-refractivity contribution in [2.75, 3.05) is 6.54 Å². The summed E-state index contributed by atoms with van der Waals surface area (Å²) in [7, 11) is 0. The van der Waals surface area contributed by atoms with Crippen LogP contribution in [0.2, 0.25) is 0 Å². The fraction of sp³-hybridized carbons (Fsp3) is 0.120. The second-order valence-corrected chi connectivity index (χ2v) is 8.53. The van der Waals surface area contributed by atoms with Crippen LogP contribution in [0.1, 0.15) is 31.8 Å². The van der Waals surface area contributed by atoms with E-state index in [1.54, 1.807) is 35.1 Å². The number of primary amides is 1. The normalized spacial score (nSPS) is 10.6. The molecule has 0 bridgehead atoms. The predicted molar refractivity (Wildman–Crippen MR) is 130 cm³/mol. The molecule has 0 aliphatic rings. The molecule has 0 aliphatic carbocycles. The highest BCUT2D eigenvalue weighted by Gasteiger charge is 2.19. The smallest absolute Gasteiger partial charge is 0.255 e. The largest absolute Gasteiger partial charge is 0.368 e. The van der Waals surface area contributed by atoms with Crippen molar-refractivity contribution in [2.45, 2.75) is 13.1 Å². The molecule has 0 atom stereocenters. The van der Waals surface area contributed by atoms with Gasteiger partial charge in [-0.25, -0.2) is 0 Å². The quantitative estimate of drug-likeness (QED) is 0.346. The second kappa shape index (κ2) is 10.6. The number of nitrogens with zero attached hydrogens (tertiary/aromatic N) is 2. The molecule has 4 rings (SSSR count). The molecule has 0 radical (unpaired) electrons. The Labute approximate surface area is 200 Å². The van der Waals surface area contributed by atoms with Gasteiger partial charge in [0, 0.05) is 18.3 Å². The zero-order valence-electron chi connectivity index (χ0n) is 18.2. The van der Waals surface area contributed by atoms with Crippen molar-refractivity contribution in [1.29, 1.82) is 0 Å². The summed E-state index contributed by atoms with van der Waals surface area (Å²) in [5, 5.41) is 12.0. The summed E-state index contributed by atoms with van der Waals surface area (Å²) < 4.78 is 1.78. The Kier molecular flexibility index (Phi) is 7.14. The van der Waals surface area contributed by atoms with Crippen molar-refractivity contribution in [1.82, 2.24) is 20.4 Å². The van der Waals surface area contributed by atoms with Crippen molar-refractivity contribution < 1.29 is 14.4 Å². The molecular weight excluding hydrogens is 450 g/mol. The minimum atomic E-state index is -0.610. The van der Waals surface area contributed by atoms with Gasteiger partial charge in [-0.3, -0.25) is 19.1 Å². The SMILES string of the molecule is NC(=O)CNC(=O)c1ccc(CNC(=O)c2cn(Cc3ccccc3)nc2-c2cccs2)cc1. The van der Waals surface area contributed by atoms with Gasteiger partial charge in [-0.05, 0) is 34.7 Å². The van der Waals surface area contributed by atoms with E-state index in [-0.39, 0.29) is 24.9 Å². The zero-order valence-corrected chi connectivity index (χ0v) is 19.0. The van der Waals surface area contributed by atoms with E-state index in [4.69, 9.17) is 5.73 Å². The number of hydrogen-bond acceptors (Lipinski definition) is 5. The number of aromatic nitrogens is 2. The standard InChI is InChI=1S/C25H23N5O3S/c26-22(31)14-28-24(32)19-10-8-17(9-11-19)13-27-25(33)20-16-30(15-18-5-2-1-3-6-18)29-23(20)21-7-4-12-34-21/h1-12,16H,13-15H2,(H2,26,31)(H,27,33)(H,28,32). The second-order valence-electron chi connectivity index (χ2n) is 7.58. The van der Waals surface area contributed by atoms with Gasteiger partial charge >= 0.3 is 0 Å². The van der Waals surface area contributed by atoms with Crippen LogP contribution in [0.5, 0.6) is 0 Å². The maximum absolute atomic E-state index is 13.1. The molecule has 0 saturated heterocycles. The minimum absolute atomic E-state index is 0.221. The average Bonchev–Trinajstić information content (AvgIpc) is 3.52. The van der Waals surface area contributed by atoms with E-state index in [0.29, 0.717) is 23.4 Å². The summed E-state index contributed by atoms with van der Waals surface area (Å²) in [4.78, 5) is 36.8. The van der Waals surface area contributed by atoms with Crippen LogP contribution < -0.4 is 16.4 Å². The number of amides is 3. The van der Waals surface area contributed by atoms with Crippen LogP contribution in [0.4, 0.5) is 0 Å².